The highest BCUT2D eigenvalue weighted by molar-refractivity contribution is 5.88. The van der Waals surface area contributed by atoms with Crippen LogP contribution < -0.4 is 10.6 Å². The molecule has 0 unspecified atom stereocenters. The number of carbonyl (C=O) groups is 2. The second-order valence-electron chi connectivity index (χ2n) is 12.7. The number of nitrogens with one attached hydrogen (secondary N) is 2. The highest BCUT2D eigenvalue weighted by Crippen LogP contribution is 2.61. The average Bonchev–Trinajstić information content (AvgIpc) is 3.06. The monoisotopic (exact) mass is 479 g/mol. The van der Waals surface area contributed by atoms with Gasteiger partial charge in [0.15, 0.2) is 0 Å². The maximum absolute atomic E-state index is 13.7. The minimum atomic E-state index is -0.702. The molecule has 6 rings (SSSR count). The van der Waals surface area contributed by atoms with Gasteiger partial charge in [0.2, 0.25) is 5.91 Å². The van der Waals surface area contributed by atoms with E-state index in [1.54, 1.807) is 0 Å². The molecule has 4 bridgehead atoms. The molecule has 190 valence electrons. The van der Waals surface area contributed by atoms with Crippen molar-refractivity contribution in [2.24, 2.45) is 30.2 Å². The Morgan fingerprint density at radius 3 is 2.26 bits per heavy atom. The van der Waals surface area contributed by atoms with Crippen LogP contribution in [0.1, 0.15) is 71.8 Å². The van der Waals surface area contributed by atoms with E-state index in [-0.39, 0.29) is 17.4 Å². The molecule has 0 spiro atoms. The molecular weight excluding hydrogens is 438 g/mol. The Labute approximate surface area is 209 Å². The molecule has 0 aliphatic heterocycles. The van der Waals surface area contributed by atoms with Crippen LogP contribution in [-0.2, 0) is 23.0 Å². The zero-order valence-electron chi connectivity index (χ0n) is 21.9. The standard InChI is InChI=1S/C29H41N3O3/c1-18(29-14-19-10-20(15-29)12-21(11-19)16-29)30-26(33)24(31-27(34)35-28(2,3)4)13-22-17-32(5)25-9-7-6-8-23(22)25/h6-9,17-21,24H,10-16H2,1-5H3,(H,30,33)(H,31,34)/t18-,19?,20?,21?,24+,29?/m1/s1. The molecule has 6 heteroatoms. The Balaban J connectivity index is 1.35. The van der Waals surface area contributed by atoms with Gasteiger partial charge in [-0.15, -0.1) is 0 Å². The zero-order valence-corrected chi connectivity index (χ0v) is 21.9. The second kappa shape index (κ2) is 8.86. The van der Waals surface area contributed by atoms with E-state index >= 15 is 0 Å². The molecule has 35 heavy (non-hydrogen) atoms. The van der Waals surface area contributed by atoms with Crippen molar-refractivity contribution in [2.45, 2.75) is 90.3 Å². The smallest absolute Gasteiger partial charge is 0.408 e. The van der Waals surface area contributed by atoms with E-state index in [0.29, 0.717) is 6.42 Å². The summed E-state index contributed by atoms with van der Waals surface area (Å²) in [6.45, 7) is 7.69. The molecule has 1 aromatic carbocycles. The summed E-state index contributed by atoms with van der Waals surface area (Å²) in [5, 5.41) is 7.36. The third kappa shape index (κ3) is 4.94. The van der Waals surface area contributed by atoms with Crippen molar-refractivity contribution in [3.63, 3.8) is 0 Å². The maximum Gasteiger partial charge on any atom is 0.408 e. The van der Waals surface area contributed by atoms with Crippen molar-refractivity contribution in [3.05, 3.63) is 36.0 Å². The van der Waals surface area contributed by atoms with Crippen molar-refractivity contribution >= 4 is 22.9 Å². The lowest BCUT2D eigenvalue weighted by Gasteiger charge is -2.59. The number of nitrogens with zero attached hydrogens (tertiary/aromatic N) is 1. The highest BCUT2D eigenvalue weighted by atomic mass is 16.6. The van der Waals surface area contributed by atoms with E-state index < -0.39 is 17.7 Å². The van der Waals surface area contributed by atoms with Crippen molar-refractivity contribution in [2.75, 3.05) is 0 Å². The first-order valence-corrected chi connectivity index (χ1v) is 13.3. The van der Waals surface area contributed by atoms with Crippen LogP contribution in [0.3, 0.4) is 0 Å². The van der Waals surface area contributed by atoms with Gasteiger partial charge in [-0.1, -0.05) is 18.2 Å². The van der Waals surface area contributed by atoms with Gasteiger partial charge in [-0.3, -0.25) is 4.79 Å². The fourth-order valence-electron chi connectivity index (χ4n) is 7.64. The van der Waals surface area contributed by atoms with Crippen molar-refractivity contribution < 1.29 is 14.3 Å². The molecule has 0 radical (unpaired) electrons. The van der Waals surface area contributed by atoms with E-state index in [0.717, 1.165) is 34.2 Å². The van der Waals surface area contributed by atoms with Gasteiger partial charge >= 0.3 is 6.09 Å². The van der Waals surface area contributed by atoms with Crippen LogP contribution in [0.4, 0.5) is 4.79 Å². The minimum absolute atomic E-state index is 0.0962. The van der Waals surface area contributed by atoms with Gasteiger partial charge < -0.3 is 19.9 Å². The van der Waals surface area contributed by atoms with Crippen molar-refractivity contribution in [1.82, 2.24) is 15.2 Å². The fourth-order valence-corrected chi connectivity index (χ4v) is 7.64. The number of hydrogen-bond donors (Lipinski definition) is 2. The highest BCUT2D eigenvalue weighted by Gasteiger charge is 2.53. The molecule has 4 saturated carbocycles. The summed E-state index contributed by atoms with van der Waals surface area (Å²) in [5.41, 5.74) is 1.74. The zero-order chi connectivity index (χ0) is 25.0. The molecule has 0 saturated heterocycles. The van der Waals surface area contributed by atoms with Gasteiger partial charge in [0.25, 0.3) is 0 Å². The van der Waals surface area contributed by atoms with Crippen LogP contribution in [-0.4, -0.2) is 34.3 Å². The lowest BCUT2D eigenvalue weighted by Crippen LogP contribution is -2.58. The number of aromatic nitrogens is 1. The number of rotatable bonds is 6. The summed E-state index contributed by atoms with van der Waals surface area (Å²) < 4.78 is 7.59. The molecule has 4 aliphatic rings. The Hall–Kier alpha value is -2.50. The van der Waals surface area contributed by atoms with E-state index in [4.69, 9.17) is 4.74 Å². The number of aryl methyl sites for hydroxylation is 1. The number of para-hydroxylation sites is 1. The first-order chi connectivity index (χ1) is 16.5. The minimum Gasteiger partial charge on any atom is -0.444 e. The Bertz CT molecular complexity index is 1080. The van der Waals surface area contributed by atoms with Gasteiger partial charge in [-0.2, -0.15) is 0 Å². The summed E-state index contributed by atoms with van der Waals surface area (Å²) in [4.78, 5) is 26.4. The number of carbonyl (C=O) groups excluding carboxylic acids is 2. The molecule has 6 nitrogen and oxygen atoms in total. The van der Waals surface area contributed by atoms with Crippen LogP contribution in [0.15, 0.2) is 30.5 Å². The molecule has 2 N–H and O–H groups in total. The van der Waals surface area contributed by atoms with Crippen molar-refractivity contribution in [3.8, 4) is 0 Å². The number of ether oxygens (including phenoxy) is 1. The third-order valence-electron chi connectivity index (χ3n) is 8.77. The first-order valence-electron chi connectivity index (χ1n) is 13.3. The van der Waals surface area contributed by atoms with E-state index in [2.05, 4.69) is 40.5 Å². The van der Waals surface area contributed by atoms with Gasteiger partial charge in [0.05, 0.1) is 0 Å². The van der Waals surface area contributed by atoms with Gasteiger partial charge in [0, 0.05) is 36.6 Å². The lowest BCUT2D eigenvalue weighted by atomic mass is 9.48. The quantitative estimate of drug-likeness (QED) is 0.588. The first kappa shape index (κ1) is 24.2. The summed E-state index contributed by atoms with van der Waals surface area (Å²) in [6.07, 6.45) is 9.75. The number of alkyl carbamates (subject to hydrolysis) is 1. The SMILES string of the molecule is C[C@@H](NC(=O)[C@H](Cc1cn(C)c2ccccc12)NC(=O)OC(C)(C)C)C12CC3CC(CC(C3)C1)C2. The predicted octanol–water partition coefficient (Wildman–Crippen LogP) is 5.34. The van der Waals surface area contributed by atoms with Crippen LogP contribution in [0.2, 0.25) is 0 Å². The van der Waals surface area contributed by atoms with Gasteiger partial charge in [-0.25, -0.2) is 4.79 Å². The summed E-state index contributed by atoms with van der Waals surface area (Å²) in [5.74, 6) is 2.36. The molecule has 1 aromatic heterocycles. The van der Waals surface area contributed by atoms with Gasteiger partial charge in [-0.05, 0) is 101 Å². The Morgan fingerprint density at radius 2 is 1.66 bits per heavy atom. The molecule has 2 aromatic rings. The summed E-state index contributed by atoms with van der Waals surface area (Å²) in [7, 11) is 2.01. The number of fused-ring (bicyclic) bond motifs is 1. The lowest BCUT2D eigenvalue weighted by molar-refractivity contribution is -0.127. The topological polar surface area (TPSA) is 72.4 Å². The molecule has 2 atom stereocenters. The maximum atomic E-state index is 13.7. The largest absolute Gasteiger partial charge is 0.444 e. The molecular formula is C29H41N3O3. The van der Waals surface area contributed by atoms with Crippen LogP contribution >= 0.6 is 0 Å². The number of benzene rings is 1. The molecule has 4 fully saturated rings. The Morgan fingerprint density at radius 1 is 1.06 bits per heavy atom. The number of hydrogen-bond acceptors (Lipinski definition) is 3. The van der Waals surface area contributed by atoms with Crippen LogP contribution in [0.25, 0.3) is 10.9 Å². The molecule has 4 aliphatic carbocycles. The Kier molecular flexibility index (Phi) is 6.13. The normalized spacial score (nSPS) is 29.1. The summed E-state index contributed by atoms with van der Waals surface area (Å²) >= 11 is 0. The van der Waals surface area contributed by atoms with E-state index in [1.165, 1.54) is 38.5 Å². The predicted molar refractivity (Wildman–Crippen MR) is 138 cm³/mol. The fraction of sp³-hybridized carbons (Fsp3) is 0.655. The molecule has 1 heterocycles. The van der Waals surface area contributed by atoms with Crippen molar-refractivity contribution in [1.29, 1.82) is 0 Å². The average molecular weight is 480 g/mol. The third-order valence-corrected chi connectivity index (χ3v) is 8.77. The second-order valence-corrected chi connectivity index (χ2v) is 12.7. The van der Waals surface area contributed by atoms with Crippen LogP contribution in [0.5, 0.6) is 0 Å². The van der Waals surface area contributed by atoms with Crippen LogP contribution in [0, 0.1) is 23.2 Å². The van der Waals surface area contributed by atoms with E-state index in [1.807, 2.05) is 40.0 Å². The number of amides is 2. The molecule has 2 amide bonds. The van der Waals surface area contributed by atoms with E-state index in [9.17, 15) is 9.59 Å². The van der Waals surface area contributed by atoms with Gasteiger partial charge in [0.1, 0.15) is 11.6 Å². The summed E-state index contributed by atoms with van der Waals surface area (Å²) in [6, 6.07) is 7.57.